The Morgan fingerprint density at radius 2 is 2.07 bits per heavy atom. The fraction of sp³-hybridized carbons (Fsp3) is 0.778. The van der Waals surface area contributed by atoms with Gasteiger partial charge in [0.1, 0.15) is 5.76 Å². The third-order valence-electron chi connectivity index (χ3n) is 8.69. The lowest BCUT2D eigenvalue weighted by atomic mass is 9.60. The maximum atomic E-state index is 10.1. The van der Waals surface area contributed by atoms with Crippen molar-refractivity contribution in [2.75, 3.05) is 0 Å². The van der Waals surface area contributed by atoms with Crippen molar-refractivity contribution in [3.63, 3.8) is 0 Å². The summed E-state index contributed by atoms with van der Waals surface area (Å²) in [5.41, 5.74) is 3.99. The summed E-state index contributed by atoms with van der Waals surface area (Å²) in [6.07, 6.45) is 16.3. The Bertz CT molecular complexity index is 768. The summed E-state index contributed by atoms with van der Waals surface area (Å²) in [5.74, 6) is 3.18. The molecular formula is C27H42O3. The molecule has 0 aliphatic heterocycles. The molecule has 1 aromatic heterocycles. The van der Waals surface area contributed by atoms with Gasteiger partial charge in [-0.15, -0.1) is 0 Å². The summed E-state index contributed by atoms with van der Waals surface area (Å²) in [7, 11) is 0. The summed E-state index contributed by atoms with van der Waals surface area (Å²) in [5, 5.41) is 20.2. The van der Waals surface area contributed by atoms with Gasteiger partial charge in [-0.25, -0.2) is 0 Å². The lowest BCUT2D eigenvalue weighted by molar-refractivity contribution is 0.0597. The minimum atomic E-state index is -0.543. The largest absolute Gasteiger partial charge is 0.464 e. The van der Waals surface area contributed by atoms with Gasteiger partial charge in [0, 0.05) is 12.0 Å². The monoisotopic (exact) mass is 414 g/mol. The van der Waals surface area contributed by atoms with Gasteiger partial charge in [-0.05, 0) is 100 Å². The molecule has 3 nitrogen and oxygen atoms in total. The minimum Gasteiger partial charge on any atom is -0.464 e. The Balaban J connectivity index is 1.49. The van der Waals surface area contributed by atoms with Crippen LogP contribution in [-0.4, -0.2) is 21.9 Å². The van der Waals surface area contributed by atoms with E-state index in [-0.39, 0.29) is 6.10 Å². The van der Waals surface area contributed by atoms with E-state index < -0.39 is 5.60 Å². The van der Waals surface area contributed by atoms with Crippen LogP contribution in [0.4, 0.5) is 0 Å². The summed E-state index contributed by atoms with van der Waals surface area (Å²) in [4.78, 5) is 0. The lowest BCUT2D eigenvalue weighted by Crippen LogP contribution is -2.36. The predicted octanol–water partition coefficient (Wildman–Crippen LogP) is 6.31. The van der Waals surface area contributed by atoms with Crippen LogP contribution in [0, 0.1) is 23.2 Å². The summed E-state index contributed by atoms with van der Waals surface area (Å²) < 4.78 is 6.00. The number of furan rings is 1. The average Bonchev–Trinajstić information content (AvgIpc) is 3.21. The zero-order valence-corrected chi connectivity index (χ0v) is 19.5. The van der Waals surface area contributed by atoms with Gasteiger partial charge in [0.25, 0.3) is 0 Å². The fourth-order valence-corrected chi connectivity index (χ4v) is 7.07. The van der Waals surface area contributed by atoms with E-state index in [1.807, 2.05) is 20.1 Å². The van der Waals surface area contributed by atoms with Crippen LogP contribution in [0.3, 0.4) is 0 Å². The number of allylic oxidation sites excluding steroid dienone is 1. The zero-order chi connectivity index (χ0) is 21.5. The molecule has 0 radical (unpaired) electrons. The molecule has 2 saturated carbocycles. The molecular weight excluding hydrogens is 372 g/mol. The van der Waals surface area contributed by atoms with E-state index in [4.69, 9.17) is 4.42 Å². The van der Waals surface area contributed by atoms with Crippen molar-refractivity contribution < 1.29 is 14.6 Å². The molecule has 4 rings (SSSR count). The van der Waals surface area contributed by atoms with Gasteiger partial charge in [0.2, 0.25) is 0 Å². The first-order valence-corrected chi connectivity index (χ1v) is 12.4. The Kier molecular flexibility index (Phi) is 6.25. The molecule has 2 N–H and O–H groups in total. The Morgan fingerprint density at radius 3 is 2.83 bits per heavy atom. The van der Waals surface area contributed by atoms with Gasteiger partial charge in [0.15, 0.2) is 0 Å². The highest BCUT2D eigenvalue weighted by Crippen LogP contribution is 2.60. The Hall–Kier alpha value is -1.06. The van der Waals surface area contributed by atoms with E-state index in [1.54, 1.807) is 5.57 Å². The first kappa shape index (κ1) is 22.1. The quantitative estimate of drug-likeness (QED) is 0.574. The number of aliphatic hydroxyl groups excluding tert-OH is 1. The van der Waals surface area contributed by atoms with Crippen molar-refractivity contribution in [1.29, 1.82) is 0 Å². The molecule has 1 heterocycles. The lowest BCUT2D eigenvalue weighted by Gasteiger charge is -2.44. The van der Waals surface area contributed by atoms with Crippen LogP contribution in [-0.2, 0) is 12.8 Å². The molecule has 168 valence electrons. The van der Waals surface area contributed by atoms with Crippen molar-refractivity contribution in [3.05, 3.63) is 28.7 Å². The first-order valence-electron chi connectivity index (χ1n) is 12.4. The summed E-state index contributed by atoms with van der Waals surface area (Å²) in [6.45, 7) is 8.85. The molecule has 0 saturated heterocycles. The predicted molar refractivity (Wildman–Crippen MR) is 122 cm³/mol. The summed E-state index contributed by atoms with van der Waals surface area (Å²) in [6, 6.07) is 0. The van der Waals surface area contributed by atoms with Crippen molar-refractivity contribution in [3.8, 4) is 0 Å². The molecule has 4 unspecified atom stereocenters. The molecule has 1 aromatic rings. The number of aryl methyl sites for hydroxylation is 1. The topological polar surface area (TPSA) is 53.6 Å². The average molecular weight is 415 g/mol. The zero-order valence-electron chi connectivity index (χ0n) is 19.5. The Morgan fingerprint density at radius 1 is 1.27 bits per heavy atom. The van der Waals surface area contributed by atoms with Gasteiger partial charge in [0.05, 0.1) is 18.0 Å². The molecule has 3 heteroatoms. The summed E-state index contributed by atoms with van der Waals surface area (Å²) >= 11 is 0. The number of fused-ring (bicyclic) bond motifs is 2. The number of rotatable bonds is 6. The highest BCUT2D eigenvalue weighted by Gasteiger charge is 2.50. The molecule has 0 amide bonds. The van der Waals surface area contributed by atoms with Crippen LogP contribution in [0.25, 0.3) is 6.08 Å². The second-order valence-electron chi connectivity index (χ2n) is 11.5. The van der Waals surface area contributed by atoms with E-state index in [1.165, 1.54) is 49.7 Å². The van der Waals surface area contributed by atoms with E-state index in [0.717, 1.165) is 43.8 Å². The van der Waals surface area contributed by atoms with E-state index >= 15 is 0 Å². The third kappa shape index (κ3) is 4.43. The number of aliphatic hydroxyl groups is 2. The van der Waals surface area contributed by atoms with Crippen molar-refractivity contribution in [2.24, 2.45) is 23.2 Å². The van der Waals surface area contributed by atoms with Crippen LogP contribution in [0.15, 0.2) is 16.3 Å². The van der Waals surface area contributed by atoms with Crippen LogP contribution >= 0.6 is 0 Å². The highest BCUT2D eigenvalue weighted by molar-refractivity contribution is 5.55. The van der Waals surface area contributed by atoms with E-state index in [0.29, 0.717) is 17.3 Å². The second kappa shape index (κ2) is 8.47. The number of hydrogen-bond donors (Lipinski definition) is 2. The molecule has 0 spiro atoms. The maximum absolute atomic E-state index is 10.1. The van der Waals surface area contributed by atoms with Gasteiger partial charge in [-0.3, -0.25) is 0 Å². The maximum Gasteiger partial charge on any atom is 0.130 e. The first-order chi connectivity index (χ1) is 14.2. The van der Waals surface area contributed by atoms with Crippen LogP contribution in [0.5, 0.6) is 0 Å². The van der Waals surface area contributed by atoms with Gasteiger partial charge < -0.3 is 14.6 Å². The van der Waals surface area contributed by atoms with Crippen molar-refractivity contribution >= 4 is 6.08 Å². The molecule has 3 aliphatic rings. The Labute approximate surface area is 183 Å². The van der Waals surface area contributed by atoms with Crippen LogP contribution < -0.4 is 0 Å². The minimum absolute atomic E-state index is 0.218. The molecule has 30 heavy (non-hydrogen) atoms. The molecule has 0 aromatic carbocycles. The smallest absolute Gasteiger partial charge is 0.130 e. The standard InChI is InChI=1S/C27H42O3/c1-18(7-5-13-26(2,3)29)23-11-12-24-19(8-6-14-27(23,24)4)15-25-22-16-21(28)10-9-20(22)17-30-25/h15,17-18,21,23-24,28-29H,5-14,16H2,1-4H3/b19-15+/t18-,21?,23?,24?,27?/m1/s1. The van der Waals surface area contributed by atoms with Crippen molar-refractivity contribution in [1.82, 2.24) is 0 Å². The van der Waals surface area contributed by atoms with Gasteiger partial charge in [-0.2, -0.15) is 0 Å². The molecule has 0 bridgehead atoms. The third-order valence-corrected chi connectivity index (χ3v) is 8.69. The second-order valence-corrected chi connectivity index (χ2v) is 11.5. The van der Waals surface area contributed by atoms with Crippen molar-refractivity contribution in [2.45, 2.75) is 110 Å². The number of hydrogen-bond acceptors (Lipinski definition) is 3. The van der Waals surface area contributed by atoms with Crippen LogP contribution in [0.2, 0.25) is 0 Å². The molecule has 5 atom stereocenters. The van der Waals surface area contributed by atoms with E-state index in [2.05, 4.69) is 19.9 Å². The molecule has 2 fully saturated rings. The van der Waals surface area contributed by atoms with Gasteiger partial charge in [-0.1, -0.05) is 32.3 Å². The van der Waals surface area contributed by atoms with E-state index in [9.17, 15) is 10.2 Å². The fourth-order valence-electron chi connectivity index (χ4n) is 7.07. The van der Waals surface area contributed by atoms with Gasteiger partial charge >= 0.3 is 0 Å². The normalized spacial score (nSPS) is 34.1. The SMILES string of the molecule is C[C@H](CCCC(C)(C)O)C1CCC2/C(=C/c3occ4c3CC(O)CC4)CCCC21C. The van der Waals surface area contributed by atoms with Crippen LogP contribution in [0.1, 0.15) is 102 Å². The molecule has 3 aliphatic carbocycles. The highest BCUT2D eigenvalue weighted by atomic mass is 16.3.